The molecule has 1 aliphatic rings. The number of nitrogens with one attached hydrogen (secondary N) is 2. The van der Waals surface area contributed by atoms with Gasteiger partial charge in [-0.3, -0.25) is 4.57 Å². The number of nitrogens with zero attached hydrogens (tertiary/aromatic N) is 2. The minimum absolute atomic E-state index is 0.184. The van der Waals surface area contributed by atoms with Crippen molar-refractivity contribution in [3.8, 4) is 0 Å². The van der Waals surface area contributed by atoms with E-state index < -0.39 is 0 Å². The Balaban J connectivity index is 1.53. The number of hydrogen-bond acceptors (Lipinski definition) is 4. The molecule has 6 nitrogen and oxygen atoms in total. The van der Waals surface area contributed by atoms with Crippen LogP contribution < -0.4 is 11.0 Å². The highest BCUT2D eigenvalue weighted by atomic mass is 35.5. The number of hydrogen-bond donors (Lipinski definition) is 2. The molecule has 0 saturated carbocycles. The molecule has 1 saturated heterocycles. The van der Waals surface area contributed by atoms with Crippen LogP contribution in [0.3, 0.4) is 0 Å². The van der Waals surface area contributed by atoms with Crippen LogP contribution in [0.4, 0.5) is 0 Å². The summed E-state index contributed by atoms with van der Waals surface area (Å²) in [7, 11) is 0. The smallest absolute Gasteiger partial charge is 0.326 e. The van der Waals surface area contributed by atoms with Gasteiger partial charge in [0.1, 0.15) is 5.52 Å². The fourth-order valence-corrected chi connectivity index (χ4v) is 4.26. The molecule has 29 heavy (non-hydrogen) atoms. The van der Waals surface area contributed by atoms with E-state index in [0.717, 1.165) is 48.1 Å². The third-order valence-corrected chi connectivity index (χ3v) is 5.64. The molecule has 7 heteroatoms. The van der Waals surface area contributed by atoms with Crippen molar-refractivity contribution in [2.75, 3.05) is 19.7 Å². The van der Waals surface area contributed by atoms with Gasteiger partial charge in [0.25, 0.3) is 0 Å². The Kier molecular flexibility index (Phi) is 4.83. The number of para-hydroxylation sites is 1. The van der Waals surface area contributed by atoms with Gasteiger partial charge in [0.05, 0.1) is 30.3 Å². The molecule has 2 aromatic carbocycles. The van der Waals surface area contributed by atoms with Crippen molar-refractivity contribution in [1.29, 1.82) is 0 Å². The number of aromatic amines is 1. The molecule has 4 aromatic rings. The lowest BCUT2D eigenvalue weighted by Gasteiger charge is -2.23. The molecule has 1 unspecified atom stereocenters. The van der Waals surface area contributed by atoms with Crippen LogP contribution in [-0.4, -0.2) is 40.3 Å². The molecule has 0 aliphatic carbocycles. The third-order valence-electron chi connectivity index (χ3n) is 5.37. The minimum Gasteiger partial charge on any atom is -0.375 e. The fourth-order valence-electron chi connectivity index (χ4n) is 4.03. The van der Waals surface area contributed by atoms with E-state index in [1.807, 2.05) is 36.4 Å². The van der Waals surface area contributed by atoms with Crippen LogP contribution in [0, 0.1) is 0 Å². The molecule has 1 fully saturated rings. The molecule has 148 valence electrons. The summed E-state index contributed by atoms with van der Waals surface area (Å²) >= 11 is 6.34. The van der Waals surface area contributed by atoms with Crippen molar-refractivity contribution >= 4 is 33.5 Å². The molecule has 1 aliphatic heterocycles. The first-order valence-corrected chi connectivity index (χ1v) is 10.1. The van der Waals surface area contributed by atoms with Crippen LogP contribution in [0.1, 0.15) is 11.1 Å². The molecule has 3 heterocycles. The number of fused-ring (bicyclic) bond motifs is 3. The van der Waals surface area contributed by atoms with Crippen LogP contribution >= 0.6 is 11.6 Å². The topological polar surface area (TPSA) is 71.9 Å². The maximum atomic E-state index is 12.7. The van der Waals surface area contributed by atoms with Crippen LogP contribution in [0.5, 0.6) is 0 Å². The Morgan fingerprint density at radius 2 is 2.03 bits per heavy atom. The highest BCUT2D eigenvalue weighted by molar-refractivity contribution is 6.35. The van der Waals surface area contributed by atoms with Crippen molar-refractivity contribution in [3.63, 3.8) is 0 Å². The van der Waals surface area contributed by atoms with Gasteiger partial charge in [0, 0.05) is 18.5 Å². The lowest BCUT2D eigenvalue weighted by atomic mass is 10.0. The van der Waals surface area contributed by atoms with E-state index in [1.165, 1.54) is 5.56 Å². The highest BCUT2D eigenvalue weighted by Gasteiger charge is 2.16. The second-order valence-corrected chi connectivity index (χ2v) is 7.74. The summed E-state index contributed by atoms with van der Waals surface area (Å²) in [5, 5.41) is 4.58. The molecular formula is C22H21ClN4O2. The molecule has 0 radical (unpaired) electrons. The summed E-state index contributed by atoms with van der Waals surface area (Å²) < 4.78 is 7.56. The summed E-state index contributed by atoms with van der Waals surface area (Å²) in [5.74, 6) is 0. The number of aromatic nitrogens is 3. The summed E-state index contributed by atoms with van der Waals surface area (Å²) in [6, 6.07) is 16.1. The van der Waals surface area contributed by atoms with Crippen molar-refractivity contribution in [2.45, 2.75) is 19.1 Å². The van der Waals surface area contributed by atoms with E-state index in [9.17, 15) is 4.79 Å². The molecule has 2 N–H and O–H groups in total. The van der Waals surface area contributed by atoms with Gasteiger partial charge in [-0.2, -0.15) is 0 Å². The van der Waals surface area contributed by atoms with Crippen molar-refractivity contribution in [3.05, 3.63) is 75.3 Å². The molecule has 0 amide bonds. The van der Waals surface area contributed by atoms with Gasteiger partial charge < -0.3 is 15.0 Å². The first kappa shape index (κ1) is 18.4. The van der Waals surface area contributed by atoms with Crippen molar-refractivity contribution < 1.29 is 4.74 Å². The van der Waals surface area contributed by atoms with E-state index >= 15 is 0 Å². The van der Waals surface area contributed by atoms with Gasteiger partial charge in [0.2, 0.25) is 0 Å². The molecule has 1 atom stereocenters. The van der Waals surface area contributed by atoms with E-state index in [4.69, 9.17) is 16.3 Å². The van der Waals surface area contributed by atoms with E-state index in [2.05, 4.69) is 27.4 Å². The Morgan fingerprint density at radius 3 is 2.90 bits per heavy atom. The Morgan fingerprint density at radius 1 is 1.17 bits per heavy atom. The first-order valence-electron chi connectivity index (χ1n) is 9.76. The lowest BCUT2D eigenvalue weighted by Crippen LogP contribution is -2.39. The molecular weight excluding hydrogens is 388 g/mol. The monoisotopic (exact) mass is 408 g/mol. The Labute approximate surface area is 172 Å². The highest BCUT2D eigenvalue weighted by Crippen LogP contribution is 2.27. The van der Waals surface area contributed by atoms with Gasteiger partial charge in [0.15, 0.2) is 5.15 Å². The SMILES string of the molecule is O=c1[nH]c2c(Cl)nc3ccccc3c2n1Cc1cccc(CC2CNCCO2)c1. The predicted octanol–water partition coefficient (Wildman–Crippen LogP) is 3.11. The summed E-state index contributed by atoms with van der Waals surface area (Å²) in [6.45, 7) is 2.98. The van der Waals surface area contributed by atoms with Crippen LogP contribution in [-0.2, 0) is 17.7 Å². The molecule has 2 aromatic heterocycles. The number of rotatable bonds is 4. The van der Waals surface area contributed by atoms with Crippen LogP contribution in [0.25, 0.3) is 21.9 Å². The predicted molar refractivity (Wildman–Crippen MR) is 115 cm³/mol. The normalized spacial score (nSPS) is 17.2. The van der Waals surface area contributed by atoms with Gasteiger partial charge in [-0.05, 0) is 23.6 Å². The third kappa shape index (κ3) is 3.55. The minimum atomic E-state index is -0.190. The Bertz CT molecular complexity index is 1240. The fraction of sp³-hybridized carbons (Fsp3) is 0.273. The van der Waals surface area contributed by atoms with Crippen LogP contribution in [0.15, 0.2) is 53.3 Å². The Hall–Kier alpha value is -2.67. The first-order chi connectivity index (χ1) is 14.2. The quantitative estimate of drug-likeness (QED) is 0.509. The van der Waals surface area contributed by atoms with Crippen molar-refractivity contribution in [1.82, 2.24) is 19.9 Å². The average molecular weight is 409 g/mol. The summed E-state index contributed by atoms with van der Waals surface area (Å²) in [4.78, 5) is 20.0. The maximum absolute atomic E-state index is 12.7. The van der Waals surface area contributed by atoms with Crippen LogP contribution in [0.2, 0.25) is 5.15 Å². The standard InChI is InChI=1S/C22H21ClN4O2/c23-21-19-20(17-6-1-2-7-18(17)25-21)27(22(28)26-19)13-15-5-3-4-14(10-15)11-16-12-24-8-9-29-16/h1-7,10,16,24H,8-9,11-13H2,(H,26,28). The van der Waals surface area contributed by atoms with Crippen molar-refractivity contribution in [2.24, 2.45) is 0 Å². The largest absolute Gasteiger partial charge is 0.375 e. The van der Waals surface area contributed by atoms with Gasteiger partial charge in [-0.15, -0.1) is 0 Å². The zero-order chi connectivity index (χ0) is 19.8. The zero-order valence-electron chi connectivity index (χ0n) is 15.8. The van der Waals surface area contributed by atoms with Gasteiger partial charge in [-0.1, -0.05) is 54.1 Å². The second kappa shape index (κ2) is 7.63. The van der Waals surface area contributed by atoms with Gasteiger partial charge in [-0.25, -0.2) is 9.78 Å². The zero-order valence-corrected chi connectivity index (χ0v) is 16.6. The molecule has 5 rings (SSSR count). The van der Waals surface area contributed by atoms with Gasteiger partial charge >= 0.3 is 5.69 Å². The number of pyridine rings is 1. The number of benzene rings is 2. The van der Waals surface area contributed by atoms with E-state index in [1.54, 1.807) is 4.57 Å². The summed E-state index contributed by atoms with van der Waals surface area (Å²) in [5.41, 5.74) is 4.21. The molecule has 0 bridgehead atoms. The average Bonchev–Trinajstić information content (AvgIpc) is 3.06. The number of imidazole rings is 1. The summed E-state index contributed by atoms with van der Waals surface area (Å²) in [6.07, 6.45) is 1.03. The maximum Gasteiger partial charge on any atom is 0.326 e. The number of morpholine rings is 1. The number of halogens is 1. The lowest BCUT2D eigenvalue weighted by molar-refractivity contribution is 0.0292. The number of H-pyrrole nitrogens is 1. The number of ether oxygens (including phenoxy) is 1. The van der Waals surface area contributed by atoms with E-state index in [0.29, 0.717) is 17.2 Å². The van der Waals surface area contributed by atoms with E-state index in [-0.39, 0.29) is 11.8 Å². The second-order valence-electron chi connectivity index (χ2n) is 7.38. The molecule has 0 spiro atoms.